The van der Waals surface area contributed by atoms with Crippen molar-refractivity contribution < 1.29 is 64.6 Å². The predicted molar refractivity (Wildman–Crippen MR) is 339 cm³/mol. The first kappa shape index (κ1) is 65.1. The third-order valence-corrected chi connectivity index (χ3v) is 16.0. The van der Waals surface area contributed by atoms with Crippen LogP contribution in [0.1, 0.15) is 69.8 Å². The molecule has 0 saturated carbocycles. The fraction of sp³-hybridized carbons (Fsp3) is 0.0909. The molecule has 26 heteroatoms. The molecular formula is C66H46BBrF8N8O6S2. The number of nitrogens with zero attached hydrogens (tertiary/aromatic N) is 8. The van der Waals surface area contributed by atoms with Gasteiger partial charge in [0.2, 0.25) is 0 Å². The van der Waals surface area contributed by atoms with Gasteiger partial charge in [-0.15, -0.1) is 22.7 Å². The first-order valence-corrected chi connectivity index (χ1v) is 30.0. The lowest BCUT2D eigenvalue weighted by atomic mass is 9.80. The number of thiazole rings is 2. The Hall–Kier alpha value is -9.86. The zero-order chi connectivity index (χ0) is 65.5. The molecule has 464 valence electrons. The minimum absolute atomic E-state index is 0.0628. The summed E-state index contributed by atoms with van der Waals surface area (Å²) in [5.74, 6) is -9.05. The van der Waals surface area contributed by atoms with Crippen molar-refractivity contribution in [3.8, 4) is 32.5 Å². The van der Waals surface area contributed by atoms with E-state index in [0.29, 0.717) is 49.4 Å². The Morgan fingerprint density at radius 2 is 0.967 bits per heavy atom. The lowest BCUT2D eigenvalue weighted by Crippen LogP contribution is -2.30. The third-order valence-electron chi connectivity index (χ3n) is 13.6. The minimum Gasteiger partial charge on any atom is -0.476 e. The highest BCUT2D eigenvalue weighted by Gasteiger charge is 2.24. The summed E-state index contributed by atoms with van der Waals surface area (Å²) in [6.07, 6.45) is 16.1. The third kappa shape index (κ3) is 15.0. The van der Waals surface area contributed by atoms with E-state index < -0.39 is 71.2 Å². The molecule has 0 aliphatic heterocycles. The van der Waals surface area contributed by atoms with Crippen LogP contribution in [-0.4, -0.2) is 78.9 Å². The van der Waals surface area contributed by atoms with Crippen molar-refractivity contribution in [3.63, 3.8) is 0 Å². The van der Waals surface area contributed by atoms with Gasteiger partial charge >= 0.3 is 19.1 Å². The zero-order valence-corrected chi connectivity index (χ0v) is 51.4. The lowest BCUT2D eigenvalue weighted by Gasteiger charge is -2.18. The normalized spacial score (nSPS) is 12.0. The zero-order valence-electron chi connectivity index (χ0n) is 48.2. The number of halogens is 9. The predicted octanol–water partition coefficient (Wildman–Crippen LogP) is 14.9. The average Bonchev–Trinajstić information content (AvgIpc) is 1.63. The lowest BCUT2D eigenvalue weighted by molar-refractivity contribution is 0.00632. The fourth-order valence-electron chi connectivity index (χ4n) is 9.35. The van der Waals surface area contributed by atoms with Crippen molar-refractivity contribution in [2.75, 3.05) is 0 Å². The molecule has 14 rings (SSSR count). The van der Waals surface area contributed by atoms with Gasteiger partial charge in [0, 0.05) is 98.3 Å². The number of hydrogen-bond acceptors (Lipinski definition) is 13. The van der Waals surface area contributed by atoms with E-state index in [1.807, 2.05) is 36.5 Å². The van der Waals surface area contributed by atoms with E-state index in [1.165, 1.54) is 50.7 Å². The molecule has 0 unspecified atom stereocenters. The average molecular weight is 1350 g/mol. The van der Waals surface area contributed by atoms with E-state index >= 15 is 0 Å². The second-order valence-corrected chi connectivity index (χ2v) is 23.4. The molecular weight excluding hydrogens is 1310 g/mol. The van der Waals surface area contributed by atoms with Crippen molar-refractivity contribution in [1.29, 1.82) is 0 Å². The van der Waals surface area contributed by atoms with Crippen LogP contribution >= 0.6 is 38.6 Å². The molecule has 0 saturated heterocycles. The van der Waals surface area contributed by atoms with Crippen LogP contribution in [0.5, 0.6) is 0 Å². The van der Waals surface area contributed by atoms with Crippen LogP contribution in [0.25, 0.3) is 64.6 Å². The summed E-state index contributed by atoms with van der Waals surface area (Å²) in [4.78, 5) is 49.0. The SMILES string of the molecule is BrC1=CCc2ncccc21.CC(C)(C)OC(=O)c1csc(-n2cc(-c3ccc(F)c(F)c3)c3cccnc32)n1.Fc1ccc(C2=CCc3ncccc32)cc1F.O=C(O)c1csc(-n2cc(-c3ccc(F)c(F)c3)c3cccnc32)n1.OB(O)c1ccc(F)c(F)c1. The molecule has 0 bridgehead atoms. The summed E-state index contributed by atoms with van der Waals surface area (Å²) in [6.45, 7) is 5.36. The first-order valence-electron chi connectivity index (χ1n) is 27.4. The number of hydrogen-bond donors (Lipinski definition) is 3. The summed E-state index contributed by atoms with van der Waals surface area (Å²) in [5.41, 5.74) is 8.94. The van der Waals surface area contributed by atoms with Crippen LogP contribution in [0.3, 0.4) is 0 Å². The first-order chi connectivity index (χ1) is 44.0. The Morgan fingerprint density at radius 1 is 0.533 bits per heavy atom. The topological polar surface area (TPSA) is 191 Å². The number of carboxylic acid groups (broad SMARTS) is 1. The minimum atomic E-state index is -1.76. The number of fused-ring (bicyclic) bond motifs is 4. The maximum Gasteiger partial charge on any atom is 0.488 e. The summed E-state index contributed by atoms with van der Waals surface area (Å²) in [6, 6.07) is 29.0. The summed E-state index contributed by atoms with van der Waals surface area (Å²) in [5, 5.41) is 31.5. The highest BCUT2D eigenvalue weighted by molar-refractivity contribution is 9.15. The highest BCUT2D eigenvalue weighted by atomic mass is 79.9. The molecule has 14 nitrogen and oxygen atoms in total. The summed E-state index contributed by atoms with van der Waals surface area (Å²) in [7, 11) is -1.76. The monoisotopic (exact) mass is 1350 g/mol. The number of rotatable bonds is 8. The van der Waals surface area contributed by atoms with E-state index in [9.17, 15) is 44.7 Å². The van der Waals surface area contributed by atoms with E-state index in [-0.39, 0.29) is 16.9 Å². The van der Waals surface area contributed by atoms with Crippen LogP contribution in [-0.2, 0) is 17.6 Å². The van der Waals surface area contributed by atoms with Crippen LogP contribution < -0.4 is 5.46 Å². The van der Waals surface area contributed by atoms with Crippen molar-refractivity contribution >= 4 is 95.2 Å². The standard InChI is InChI=1S/C21H17F2N3O2S.C17H9F2N3O2S.C14H9F2N.C8H6BrN.C6H5BF2O2/c1-21(2,3)28-19(27)17-11-29-20(25-17)26-10-14(13-5-4-8-24-18(13)26)12-6-7-15(22)16(23)9-12;18-12-4-3-9(6-13(12)19)11-7-22(15-10(11)2-1-5-20-15)17-21-14(8-25-17)16(23)24;15-12-5-3-9(8-13(12)16)10-4-6-14-11(10)2-1-7-17-14;9-7-3-4-8-6(7)2-1-5-10-8;8-5-2-1-4(7(10)11)3-6(5)9/h4-11H,1-3H3;1-8H,(H,23,24);1-5,7-8H,6H2;1-3,5H,4H2;1-3,10-11H. The molecule has 8 aromatic heterocycles. The Labute approximate surface area is 535 Å². The molecule has 2 aliphatic carbocycles. The van der Waals surface area contributed by atoms with E-state index in [4.69, 9.17) is 19.9 Å². The highest BCUT2D eigenvalue weighted by Crippen LogP contribution is 2.36. The number of benzene rings is 4. The molecule has 0 atom stereocenters. The van der Waals surface area contributed by atoms with Gasteiger partial charge in [0.15, 0.2) is 68.2 Å². The number of pyridine rings is 4. The largest absolute Gasteiger partial charge is 0.488 e. The van der Waals surface area contributed by atoms with Gasteiger partial charge in [-0.05, 0) is 133 Å². The van der Waals surface area contributed by atoms with Crippen molar-refractivity contribution in [1.82, 2.24) is 39.0 Å². The summed E-state index contributed by atoms with van der Waals surface area (Å²) >= 11 is 5.88. The molecule has 0 spiro atoms. The Kier molecular flexibility index (Phi) is 19.9. The molecule has 2 aliphatic rings. The molecule has 12 aromatic rings. The van der Waals surface area contributed by atoms with Gasteiger partial charge in [-0.3, -0.25) is 19.1 Å². The molecule has 0 amide bonds. The number of carbonyl (C=O) groups excluding carboxylic acids is 1. The quantitative estimate of drug-likeness (QED) is 0.0742. The van der Waals surface area contributed by atoms with Gasteiger partial charge in [-0.25, -0.2) is 64.6 Å². The number of carbonyl (C=O) groups is 2. The van der Waals surface area contributed by atoms with Gasteiger partial charge < -0.3 is 19.9 Å². The maximum absolute atomic E-state index is 13.8. The number of aromatic nitrogens is 8. The number of allylic oxidation sites excluding steroid dienone is 2. The van der Waals surface area contributed by atoms with E-state index in [0.717, 1.165) is 100 Å². The van der Waals surface area contributed by atoms with Gasteiger partial charge in [0.25, 0.3) is 0 Å². The molecule has 8 heterocycles. The van der Waals surface area contributed by atoms with Crippen LogP contribution in [0.15, 0.2) is 181 Å². The van der Waals surface area contributed by atoms with Crippen molar-refractivity contribution in [2.45, 2.75) is 39.2 Å². The van der Waals surface area contributed by atoms with Gasteiger partial charge in [-0.1, -0.05) is 64.5 Å². The maximum atomic E-state index is 13.8. The number of aromatic carboxylic acids is 1. The molecule has 3 N–H and O–H groups in total. The molecule has 92 heavy (non-hydrogen) atoms. The van der Waals surface area contributed by atoms with Gasteiger partial charge in [0.05, 0.1) is 11.4 Å². The Bertz CT molecular complexity index is 4820. The van der Waals surface area contributed by atoms with E-state index in [2.05, 4.69) is 58.0 Å². The van der Waals surface area contributed by atoms with Gasteiger partial charge in [-0.2, -0.15) is 0 Å². The molecule has 4 aromatic carbocycles. The van der Waals surface area contributed by atoms with Crippen LogP contribution in [0, 0.1) is 46.5 Å². The number of carboxylic acids is 1. The number of ether oxygens (including phenoxy) is 1. The Morgan fingerprint density at radius 3 is 1.45 bits per heavy atom. The Balaban J connectivity index is 0.000000133. The molecule has 0 fully saturated rings. The smallest absolute Gasteiger partial charge is 0.476 e. The number of esters is 1. The second kappa shape index (κ2) is 28.1. The van der Waals surface area contributed by atoms with Crippen molar-refractivity contribution in [3.05, 3.63) is 267 Å². The summed E-state index contributed by atoms with van der Waals surface area (Å²) < 4.78 is 114. The second-order valence-electron chi connectivity index (χ2n) is 20.9. The van der Waals surface area contributed by atoms with Crippen LogP contribution in [0.4, 0.5) is 35.1 Å². The van der Waals surface area contributed by atoms with Gasteiger partial charge in [0.1, 0.15) is 16.9 Å². The fourth-order valence-corrected chi connectivity index (χ4v) is 11.4. The molecule has 0 radical (unpaired) electrons. The van der Waals surface area contributed by atoms with Crippen molar-refractivity contribution in [2.24, 2.45) is 0 Å². The van der Waals surface area contributed by atoms with E-state index in [1.54, 1.807) is 90.5 Å². The van der Waals surface area contributed by atoms with Crippen LogP contribution in [0.2, 0.25) is 0 Å².